The van der Waals surface area contributed by atoms with E-state index in [0.29, 0.717) is 11.4 Å². The molecule has 0 saturated carbocycles. The molecule has 1 aromatic heterocycles. The number of hydrogen-bond acceptors (Lipinski definition) is 3. The Hall–Kier alpha value is -2.30. The third-order valence-electron chi connectivity index (χ3n) is 3.16. The minimum absolute atomic E-state index is 0.00952. The van der Waals surface area contributed by atoms with Crippen molar-refractivity contribution in [1.82, 2.24) is 9.55 Å². The van der Waals surface area contributed by atoms with Crippen LogP contribution in [-0.2, 0) is 7.05 Å². The Balaban J connectivity index is 2.61. The molecule has 0 saturated heterocycles. The molecule has 1 aromatic carbocycles. The molecule has 0 spiro atoms. The Labute approximate surface area is 111 Å². The second-order valence-corrected chi connectivity index (χ2v) is 4.50. The number of carboxylic acids is 1. The number of benzene rings is 1. The smallest absolute Gasteiger partial charge is 0.372 e. The first kappa shape index (κ1) is 13.1. The Bertz CT molecular complexity index is 644. The maximum absolute atomic E-state index is 11.0. The summed E-state index contributed by atoms with van der Waals surface area (Å²) in [6.07, 6.45) is 1.69. The highest BCUT2D eigenvalue weighted by molar-refractivity contribution is 5.85. The largest absolute Gasteiger partial charge is 0.496 e. The van der Waals surface area contributed by atoms with E-state index in [0.717, 1.165) is 16.7 Å². The molecule has 0 unspecified atom stereocenters. The van der Waals surface area contributed by atoms with E-state index >= 15 is 0 Å². The van der Waals surface area contributed by atoms with Gasteiger partial charge in [0.1, 0.15) is 5.75 Å². The van der Waals surface area contributed by atoms with Crippen LogP contribution in [0, 0.1) is 13.8 Å². The van der Waals surface area contributed by atoms with Crippen LogP contribution in [0.15, 0.2) is 18.3 Å². The van der Waals surface area contributed by atoms with Crippen LogP contribution in [-0.4, -0.2) is 27.7 Å². The molecule has 1 heterocycles. The van der Waals surface area contributed by atoms with Gasteiger partial charge < -0.3 is 14.4 Å². The van der Waals surface area contributed by atoms with Gasteiger partial charge in [0.15, 0.2) is 0 Å². The van der Waals surface area contributed by atoms with E-state index in [1.165, 1.54) is 4.57 Å². The lowest BCUT2D eigenvalue weighted by atomic mass is 10.0. The Morgan fingerprint density at radius 3 is 2.47 bits per heavy atom. The van der Waals surface area contributed by atoms with E-state index in [1.54, 1.807) is 20.4 Å². The SMILES string of the molecule is COc1cc(C)c(C)cc1-c1cn(C)c(C(=O)O)n1. The fourth-order valence-corrected chi connectivity index (χ4v) is 1.95. The van der Waals surface area contributed by atoms with Crippen LogP contribution in [0.3, 0.4) is 0 Å². The van der Waals surface area contributed by atoms with Crippen molar-refractivity contribution in [1.29, 1.82) is 0 Å². The number of carboxylic acid groups (broad SMARTS) is 1. The minimum Gasteiger partial charge on any atom is -0.496 e. The minimum atomic E-state index is -1.04. The lowest BCUT2D eigenvalue weighted by Gasteiger charge is -2.09. The number of nitrogens with zero attached hydrogens (tertiary/aromatic N) is 2. The predicted molar refractivity (Wildman–Crippen MR) is 71.6 cm³/mol. The topological polar surface area (TPSA) is 64.3 Å². The molecule has 2 rings (SSSR count). The predicted octanol–water partition coefficient (Wildman–Crippen LogP) is 2.41. The van der Waals surface area contributed by atoms with E-state index in [2.05, 4.69) is 4.98 Å². The Morgan fingerprint density at radius 1 is 1.32 bits per heavy atom. The molecular formula is C14H16N2O3. The molecule has 0 aliphatic heterocycles. The van der Waals surface area contributed by atoms with Gasteiger partial charge in [0.25, 0.3) is 0 Å². The van der Waals surface area contributed by atoms with Gasteiger partial charge in [0.05, 0.1) is 12.8 Å². The summed E-state index contributed by atoms with van der Waals surface area (Å²) in [5.41, 5.74) is 3.63. The Morgan fingerprint density at radius 2 is 1.95 bits per heavy atom. The molecule has 0 amide bonds. The van der Waals surface area contributed by atoms with Crippen LogP contribution in [0.5, 0.6) is 5.75 Å². The van der Waals surface area contributed by atoms with Crippen molar-refractivity contribution in [3.8, 4) is 17.0 Å². The van der Waals surface area contributed by atoms with Gasteiger partial charge in [-0.05, 0) is 37.1 Å². The number of methoxy groups -OCH3 is 1. The van der Waals surface area contributed by atoms with Crippen molar-refractivity contribution in [3.05, 3.63) is 35.3 Å². The van der Waals surface area contributed by atoms with E-state index < -0.39 is 5.97 Å². The van der Waals surface area contributed by atoms with Gasteiger partial charge in [-0.25, -0.2) is 9.78 Å². The van der Waals surface area contributed by atoms with Crippen molar-refractivity contribution in [3.63, 3.8) is 0 Å². The van der Waals surface area contributed by atoms with Crippen LogP contribution in [0.25, 0.3) is 11.3 Å². The zero-order valence-corrected chi connectivity index (χ0v) is 11.4. The monoisotopic (exact) mass is 260 g/mol. The standard InChI is InChI=1S/C14H16N2O3/c1-8-5-10(12(19-4)6-9(8)2)11-7-16(3)13(15-11)14(17)18/h5-7H,1-4H3,(H,17,18). The number of aromatic carboxylic acids is 1. The maximum Gasteiger partial charge on any atom is 0.372 e. The van der Waals surface area contributed by atoms with Crippen molar-refractivity contribution < 1.29 is 14.6 Å². The number of ether oxygens (including phenoxy) is 1. The highest BCUT2D eigenvalue weighted by atomic mass is 16.5. The van der Waals surface area contributed by atoms with Crippen molar-refractivity contribution in [2.75, 3.05) is 7.11 Å². The molecule has 5 heteroatoms. The second-order valence-electron chi connectivity index (χ2n) is 4.50. The molecule has 100 valence electrons. The van der Waals surface area contributed by atoms with Crippen LogP contribution >= 0.6 is 0 Å². The molecule has 0 aliphatic carbocycles. The van der Waals surface area contributed by atoms with Crippen LogP contribution < -0.4 is 4.74 Å². The first-order valence-corrected chi connectivity index (χ1v) is 5.86. The van der Waals surface area contributed by atoms with Gasteiger partial charge in [-0.3, -0.25) is 0 Å². The number of aromatic nitrogens is 2. The summed E-state index contributed by atoms with van der Waals surface area (Å²) in [7, 11) is 3.25. The molecule has 0 bridgehead atoms. The average Bonchev–Trinajstić information content (AvgIpc) is 2.74. The highest BCUT2D eigenvalue weighted by Gasteiger charge is 2.16. The van der Waals surface area contributed by atoms with Gasteiger partial charge in [0, 0.05) is 18.8 Å². The number of hydrogen-bond donors (Lipinski definition) is 1. The first-order chi connectivity index (χ1) is 8.93. The molecule has 1 N–H and O–H groups in total. The first-order valence-electron chi connectivity index (χ1n) is 5.86. The van der Waals surface area contributed by atoms with Crippen LogP contribution in [0.1, 0.15) is 21.7 Å². The fraction of sp³-hybridized carbons (Fsp3) is 0.286. The summed E-state index contributed by atoms with van der Waals surface area (Å²) in [6, 6.07) is 3.89. The summed E-state index contributed by atoms with van der Waals surface area (Å²) in [5.74, 6) is -0.343. The average molecular weight is 260 g/mol. The van der Waals surface area contributed by atoms with Gasteiger partial charge >= 0.3 is 5.97 Å². The highest BCUT2D eigenvalue weighted by Crippen LogP contribution is 2.31. The van der Waals surface area contributed by atoms with Crippen molar-refractivity contribution in [2.45, 2.75) is 13.8 Å². The zero-order chi connectivity index (χ0) is 14.2. The number of carbonyl (C=O) groups is 1. The zero-order valence-electron chi connectivity index (χ0n) is 11.4. The van der Waals surface area contributed by atoms with E-state index in [9.17, 15) is 4.79 Å². The molecular weight excluding hydrogens is 244 g/mol. The van der Waals surface area contributed by atoms with E-state index in [4.69, 9.17) is 9.84 Å². The number of aryl methyl sites for hydroxylation is 3. The summed E-state index contributed by atoms with van der Waals surface area (Å²) in [5, 5.41) is 9.04. The normalized spacial score (nSPS) is 10.5. The molecule has 0 aliphatic rings. The molecule has 19 heavy (non-hydrogen) atoms. The number of imidazole rings is 1. The summed E-state index contributed by atoms with van der Waals surface area (Å²) in [6.45, 7) is 4.00. The molecule has 0 atom stereocenters. The van der Waals surface area contributed by atoms with Gasteiger partial charge in [0.2, 0.25) is 5.82 Å². The fourth-order valence-electron chi connectivity index (χ4n) is 1.95. The summed E-state index contributed by atoms with van der Waals surface area (Å²) in [4.78, 5) is 15.2. The van der Waals surface area contributed by atoms with Gasteiger partial charge in [-0.2, -0.15) is 0 Å². The van der Waals surface area contributed by atoms with Gasteiger partial charge in [-0.1, -0.05) is 0 Å². The quantitative estimate of drug-likeness (QED) is 0.920. The molecule has 2 aromatic rings. The third kappa shape index (κ3) is 2.31. The van der Waals surface area contributed by atoms with E-state index in [1.807, 2.05) is 26.0 Å². The van der Waals surface area contributed by atoms with Gasteiger partial charge in [-0.15, -0.1) is 0 Å². The Kier molecular flexibility index (Phi) is 3.29. The second kappa shape index (κ2) is 4.76. The van der Waals surface area contributed by atoms with Crippen LogP contribution in [0.4, 0.5) is 0 Å². The van der Waals surface area contributed by atoms with Crippen LogP contribution in [0.2, 0.25) is 0 Å². The number of rotatable bonds is 3. The molecule has 0 radical (unpaired) electrons. The van der Waals surface area contributed by atoms with Crippen molar-refractivity contribution in [2.24, 2.45) is 7.05 Å². The molecule has 5 nitrogen and oxygen atoms in total. The third-order valence-corrected chi connectivity index (χ3v) is 3.16. The summed E-state index contributed by atoms with van der Waals surface area (Å²) >= 11 is 0. The molecule has 0 fully saturated rings. The van der Waals surface area contributed by atoms with Crippen molar-refractivity contribution >= 4 is 5.97 Å². The lowest BCUT2D eigenvalue weighted by Crippen LogP contribution is -2.05. The lowest BCUT2D eigenvalue weighted by molar-refractivity contribution is 0.0680. The van der Waals surface area contributed by atoms with E-state index in [-0.39, 0.29) is 5.82 Å². The summed E-state index contributed by atoms with van der Waals surface area (Å²) < 4.78 is 6.84. The maximum atomic E-state index is 11.0.